The molecular weight excluding hydrogens is 310 g/mol. The summed E-state index contributed by atoms with van der Waals surface area (Å²) in [5.41, 5.74) is -1.43. The molecule has 2 fully saturated rings. The van der Waals surface area contributed by atoms with Crippen molar-refractivity contribution in [1.82, 2.24) is 4.90 Å². The molecule has 2 nitrogen and oxygen atoms in total. The van der Waals surface area contributed by atoms with Crippen molar-refractivity contribution in [3.8, 4) is 0 Å². The van der Waals surface area contributed by atoms with Gasteiger partial charge in [-0.3, -0.25) is 4.90 Å². The molecule has 2 aliphatic rings. The van der Waals surface area contributed by atoms with E-state index in [1.54, 1.807) is 0 Å². The number of likely N-dealkylation sites (tertiary alicyclic amines) is 1. The number of hydrogen-bond acceptors (Lipinski definition) is 2. The molecule has 1 aromatic carbocycles. The van der Waals surface area contributed by atoms with Crippen LogP contribution in [-0.4, -0.2) is 28.7 Å². The third-order valence-corrected chi connectivity index (χ3v) is 5.27. The first-order valence-corrected chi connectivity index (χ1v) is 8.00. The number of benzene rings is 1. The average molecular weight is 331 g/mol. The van der Waals surface area contributed by atoms with E-state index in [1.165, 1.54) is 0 Å². The molecule has 6 heteroatoms. The Bertz CT molecular complexity index is 584. The van der Waals surface area contributed by atoms with E-state index in [4.69, 9.17) is 0 Å². The standard InChI is InChI=1S/C17H21F4NO/c1-11-9-22(7-6-16(11,23)13-2-3-13)10-12-8-14(17(19,20)21)4-5-15(12)18/h4-5,8,11,13,23H,2-3,6-7,9-10H2,1H3/t11-,16+/m1/s1. The van der Waals surface area contributed by atoms with E-state index in [0.29, 0.717) is 25.4 Å². The van der Waals surface area contributed by atoms with Crippen molar-refractivity contribution >= 4 is 0 Å². The first kappa shape index (κ1) is 16.7. The lowest BCUT2D eigenvalue weighted by Gasteiger charge is -2.43. The molecule has 1 saturated heterocycles. The molecule has 0 spiro atoms. The highest BCUT2D eigenvalue weighted by Gasteiger charge is 2.49. The van der Waals surface area contributed by atoms with E-state index in [-0.39, 0.29) is 18.0 Å². The van der Waals surface area contributed by atoms with Gasteiger partial charge in [0.15, 0.2) is 0 Å². The summed E-state index contributed by atoms with van der Waals surface area (Å²) in [6.07, 6.45) is -1.78. The summed E-state index contributed by atoms with van der Waals surface area (Å²) >= 11 is 0. The van der Waals surface area contributed by atoms with Crippen LogP contribution in [0, 0.1) is 17.7 Å². The fourth-order valence-corrected chi connectivity index (χ4v) is 3.67. The third kappa shape index (κ3) is 3.38. The van der Waals surface area contributed by atoms with Crippen LogP contribution < -0.4 is 0 Å². The van der Waals surface area contributed by atoms with E-state index in [2.05, 4.69) is 0 Å². The maximum atomic E-state index is 13.9. The van der Waals surface area contributed by atoms with Crippen LogP contribution in [0.25, 0.3) is 0 Å². The van der Waals surface area contributed by atoms with E-state index < -0.39 is 23.2 Å². The fourth-order valence-electron chi connectivity index (χ4n) is 3.67. The van der Waals surface area contributed by atoms with Crippen molar-refractivity contribution < 1.29 is 22.7 Å². The summed E-state index contributed by atoms with van der Waals surface area (Å²) in [6, 6.07) is 2.54. The smallest absolute Gasteiger partial charge is 0.389 e. The SMILES string of the molecule is C[C@@H]1CN(Cc2cc(C(F)(F)F)ccc2F)CC[C@@]1(O)C1CC1. The Balaban J connectivity index is 1.71. The molecule has 0 radical (unpaired) electrons. The van der Waals surface area contributed by atoms with Crippen LogP contribution in [0.1, 0.15) is 37.3 Å². The molecule has 1 saturated carbocycles. The van der Waals surface area contributed by atoms with Crippen LogP contribution in [0.4, 0.5) is 17.6 Å². The summed E-state index contributed by atoms with van der Waals surface area (Å²) in [4.78, 5) is 1.93. The van der Waals surface area contributed by atoms with Gasteiger partial charge >= 0.3 is 6.18 Å². The second-order valence-electron chi connectivity index (χ2n) is 6.96. The zero-order valence-electron chi connectivity index (χ0n) is 13.0. The first-order valence-electron chi connectivity index (χ1n) is 8.00. The predicted molar refractivity (Wildman–Crippen MR) is 78.1 cm³/mol. The highest BCUT2D eigenvalue weighted by Crippen LogP contribution is 2.47. The van der Waals surface area contributed by atoms with Crippen molar-refractivity contribution in [3.05, 3.63) is 35.1 Å². The Hall–Kier alpha value is -1.14. The minimum absolute atomic E-state index is 0.0395. The van der Waals surface area contributed by atoms with Crippen molar-refractivity contribution in [2.24, 2.45) is 11.8 Å². The topological polar surface area (TPSA) is 23.5 Å². The normalized spacial score (nSPS) is 29.7. The van der Waals surface area contributed by atoms with Crippen molar-refractivity contribution in [2.45, 2.75) is 44.5 Å². The van der Waals surface area contributed by atoms with E-state index >= 15 is 0 Å². The van der Waals surface area contributed by atoms with Gasteiger partial charge in [-0.05, 0) is 49.3 Å². The molecule has 1 heterocycles. The zero-order valence-corrected chi connectivity index (χ0v) is 13.0. The number of rotatable bonds is 3. The third-order valence-electron chi connectivity index (χ3n) is 5.27. The molecule has 3 rings (SSSR count). The van der Waals surface area contributed by atoms with Gasteiger partial charge in [-0.15, -0.1) is 0 Å². The summed E-state index contributed by atoms with van der Waals surface area (Å²) in [5.74, 6) is -0.226. The number of hydrogen-bond donors (Lipinski definition) is 1. The van der Waals surface area contributed by atoms with Gasteiger partial charge in [0.1, 0.15) is 5.82 Å². The number of nitrogens with zero attached hydrogens (tertiary/aromatic N) is 1. The van der Waals surface area contributed by atoms with Crippen LogP contribution in [0.2, 0.25) is 0 Å². The van der Waals surface area contributed by atoms with Crippen LogP contribution in [-0.2, 0) is 12.7 Å². The van der Waals surface area contributed by atoms with Gasteiger partial charge in [0.2, 0.25) is 0 Å². The number of aliphatic hydroxyl groups is 1. The Labute approximate surface area is 133 Å². The lowest BCUT2D eigenvalue weighted by Crippen LogP contribution is -2.51. The minimum atomic E-state index is -4.47. The number of alkyl halides is 3. The largest absolute Gasteiger partial charge is 0.416 e. The molecule has 1 N–H and O–H groups in total. The number of halogens is 4. The number of piperidine rings is 1. The first-order chi connectivity index (χ1) is 10.7. The molecule has 23 heavy (non-hydrogen) atoms. The monoisotopic (exact) mass is 331 g/mol. The van der Waals surface area contributed by atoms with Crippen LogP contribution in [0.15, 0.2) is 18.2 Å². The second kappa shape index (κ2) is 5.74. The van der Waals surface area contributed by atoms with Crippen LogP contribution in [0.3, 0.4) is 0 Å². The van der Waals surface area contributed by atoms with Crippen LogP contribution >= 0.6 is 0 Å². The Kier molecular flexibility index (Phi) is 4.17. The van der Waals surface area contributed by atoms with Crippen molar-refractivity contribution in [1.29, 1.82) is 0 Å². The molecule has 0 aromatic heterocycles. The molecule has 0 amide bonds. The summed E-state index contributed by atoms with van der Waals surface area (Å²) in [6.45, 7) is 3.25. The predicted octanol–water partition coefficient (Wildman–Crippen LogP) is 3.83. The summed E-state index contributed by atoms with van der Waals surface area (Å²) < 4.78 is 52.2. The molecule has 1 aliphatic heterocycles. The van der Waals surface area contributed by atoms with E-state index in [9.17, 15) is 22.7 Å². The average Bonchev–Trinajstić information content (AvgIpc) is 3.29. The maximum absolute atomic E-state index is 13.9. The molecule has 0 bridgehead atoms. The second-order valence-corrected chi connectivity index (χ2v) is 6.96. The fraction of sp³-hybridized carbons (Fsp3) is 0.647. The lowest BCUT2D eigenvalue weighted by atomic mass is 9.78. The van der Waals surface area contributed by atoms with E-state index in [0.717, 1.165) is 31.0 Å². The maximum Gasteiger partial charge on any atom is 0.416 e. The molecular formula is C17H21F4NO. The van der Waals surface area contributed by atoms with Gasteiger partial charge < -0.3 is 5.11 Å². The zero-order chi connectivity index (χ0) is 16.8. The van der Waals surface area contributed by atoms with Crippen LogP contribution in [0.5, 0.6) is 0 Å². The van der Waals surface area contributed by atoms with E-state index in [1.807, 2.05) is 11.8 Å². The van der Waals surface area contributed by atoms with Crippen molar-refractivity contribution in [3.63, 3.8) is 0 Å². The molecule has 2 atom stereocenters. The Morgan fingerprint density at radius 2 is 2.00 bits per heavy atom. The van der Waals surface area contributed by atoms with Gasteiger partial charge in [-0.2, -0.15) is 13.2 Å². The van der Waals surface area contributed by atoms with Crippen molar-refractivity contribution in [2.75, 3.05) is 13.1 Å². The molecule has 128 valence electrons. The summed E-state index contributed by atoms with van der Waals surface area (Å²) in [7, 11) is 0. The van der Waals surface area contributed by atoms with Gasteiger partial charge in [-0.1, -0.05) is 6.92 Å². The van der Waals surface area contributed by atoms with Gasteiger partial charge in [0.05, 0.1) is 11.2 Å². The Morgan fingerprint density at radius 3 is 2.57 bits per heavy atom. The van der Waals surface area contributed by atoms with Gasteiger partial charge in [0, 0.05) is 25.2 Å². The Morgan fingerprint density at radius 1 is 1.30 bits per heavy atom. The highest BCUT2D eigenvalue weighted by atomic mass is 19.4. The quantitative estimate of drug-likeness (QED) is 0.851. The van der Waals surface area contributed by atoms with Gasteiger partial charge in [-0.25, -0.2) is 4.39 Å². The van der Waals surface area contributed by atoms with Gasteiger partial charge in [0.25, 0.3) is 0 Å². The molecule has 0 unspecified atom stereocenters. The summed E-state index contributed by atoms with van der Waals surface area (Å²) in [5, 5.41) is 10.7. The molecule has 1 aliphatic carbocycles. The minimum Gasteiger partial charge on any atom is -0.389 e. The molecule has 1 aromatic rings. The highest BCUT2D eigenvalue weighted by molar-refractivity contribution is 5.27. The lowest BCUT2D eigenvalue weighted by molar-refractivity contribution is -0.137.